The second-order valence-electron chi connectivity index (χ2n) is 27.8. The summed E-state index contributed by atoms with van der Waals surface area (Å²) in [6.45, 7) is 33.9. The number of unbranched alkanes of at least 4 members (excludes halogenated alkanes) is 1. The molecule has 530 valence electrons. The summed E-state index contributed by atoms with van der Waals surface area (Å²) in [5, 5.41) is 0. The Kier molecular flexibility index (Phi) is 42.1. The molecule has 0 bridgehead atoms. The SMILES string of the molecule is CC(=O)Cc1ccc(/C=C/C(=O)OCCOCCCC(C)(C)C)cc1.CC(C)(C)CCCCOC(=O)/C=C/c1ccc2c(c1)OCCO2.COc1ccc(/C=C/C(=O)OCCOCCCC(C)(C)C)cc1.COc1ccc(/C=C/C=C/C(=O)OCCOCCCC(C)(C)C)cc1. The minimum absolute atomic E-state index is 0.132. The lowest BCUT2D eigenvalue weighted by Gasteiger charge is -2.18. The minimum atomic E-state index is -0.383. The van der Waals surface area contributed by atoms with E-state index in [-0.39, 0.29) is 49.5 Å². The van der Waals surface area contributed by atoms with E-state index in [1.807, 2.05) is 97.1 Å². The maximum absolute atomic E-state index is 11.7. The first-order valence-electron chi connectivity index (χ1n) is 33.6. The van der Waals surface area contributed by atoms with Crippen molar-refractivity contribution in [2.24, 2.45) is 21.7 Å². The van der Waals surface area contributed by atoms with Crippen molar-refractivity contribution in [1.82, 2.24) is 0 Å². The number of allylic oxidation sites excluding steroid dienone is 2. The molecular weight excluding hydrogens is 1220 g/mol. The largest absolute Gasteiger partial charge is 0.497 e. The third-order valence-electron chi connectivity index (χ3n) is 13.7. The molecule has 1 aliphatic heterocycles. The fourth-order valence-corrected chi connectivity index (χ4v) is 8.57. The van der Waals surface area contributed by atoms with Crippen LogP contribution < -0.4 is 18.9 Å². The number of carbonyl (C=O) groups is 5. The summed E-state index contributed by atoms with van der Waals surface area (Å²) in [7, 11) is 3.25. The average molecular weight is 1330 g/mol. The molecule has 0 fully saturated rings. The molecule has 4 aromatic carbocycles. The molecular formula is C80H114O16. The van der Waals surface area contributed by atoms with Gasteiger partial charge < -0.3 is 52.1 Å². The fraction of sp³-hybridized carbons (Fsp3) is 0.512. The van der Waals surface area contributed by atoms with Crippen LogP contribution in [0, 0.1) is 21.7 Å². The Labute approximate surface area is 575 Å². The lowest BCUT2D eigenvalue weighted by molar-refractivity contribution is -0.140. The Hall–Kier alpha value is -7.79. The second-order valence-corrected chi connectivity index (χ2v) is 27.8. The number of ketones is 1. The average Bonchev–Trinajstić information content (AvgIpc) is 0.959. The summed E-state index contributed by atoms with van der Waals surface area (Å²) in [5.41, 5.74) is 6.02. The van der Waals surface area contributed by atoms with Crippen LogP contribution in [0.25, 0.3) is 24.3 Å². The van der Waals surface area contributed by atoms with E-state index in [2.05, 4.69) is 83.1 Å². The topological polar surface area (TPSA) is 187 Å². The maximum Gasteiger partial charge on any atom is 0.330 e. The van der Waals surface area contributed by atoms with Crippen LogP contribution in [0.15, 0.2) is 127 Å². The van der Waals surface area contributed by atoms with Gasteiger partial charge in [0.15, 0.2) is 11.5 Å². The number of rotatable bonds is 35. The zero-order valence-corrected chi connectivity index (χ0v) is 60.5. The Morgan fingerprint density at radius 3 is 1.14 bits per heavy atom. The smallest absolute Gasteiger partial charge is 0.330 e. The first-order valence-corrected chi connectivity index (χ1v) is 33.6. The molecule has 0 unspecified atom stereocenters. The quantitative estimate of drug-likeness (QED) is 0.0139. The van der Waals surface area contributed by atoms with E-state index >= 15 is 0 Å². The van der Waals surface area contributed by atoms with Crippen molar-refractivity contribution in [3.63, 3.8) is 0 Å². The van der Waals surface area contributed by atoms with Gasteiger partial charge in [0.05, 0.1) is 40.6 Å². The van der Waals surface area contributed by atoms with Gasteiger partial charge in [0.25, 0.3) is 0 Å². The number of Topliss-reactive ketones (excluding diaryl/α,β-unsaturated/α-hetero) is 1. The number of hydrogen-bond donors (Lipinski definition) is 0. The fourth-order valence-electron chi connectivity index (χ4n) is 8.57. The summed E-state index contributed by atoms with van der Waals surface area (Å²) >= 11 is 0. The lowest BCUT2D eigenvalue weighted by atomic mass is 9.90. The number of ether oxygens (including phenoxy) is 11. The van der Waals surface area contributed by atoms with Crippen LogP contribution >= 0.6 is 0 Å². The van der Waals surface area contributed by atoms with E-state index in [9.17, 15) is 24.0 Å². The summed E-state index contributed by atoms with van der Waals surface area (Å²) in [6.07, 6.45) is 26.1. The lowest BCUT2D eigenvalue weighted by Crippen LogP contribution is -2.15. The van der Waals surface area contributed by atoms with Crippen LogP contribution in [0.1, 0.15) is 176 Å². The van der Waals surface area contributed by atoms with E-state index in [1.54, 1.807) is 51.5 Å². The van der Waals surface area contributed by atoms with Gasteiger partial charge in [-0.25, -0.2) is 19.2 Å². The van der Waals surface area contributed by atoms with Gasteiger partial charge in [-0.3, -0.25) is 4.79 Å². The molecule has 0 amide bonds. The summed E-state index contributed by atoms with van der Waals surface area (Å²) in [6, 6.07) is 28.2. The van der Waals surface area contributed by atoms with Crippen molar-refractivity contribution < 1.29 is 76.1 Å². The van der Waals surface area contributed by atoms with Gasteiger partial charge in [-0.1, -0.05) is 156 Å². The molecule has 0 atom stereocenters. The highest BCUT2D eigenvalue weighted by molar-refractivity contribution is 5.88. The van der Waals surface area contributed by atoms with Crippen molar-refractivity contribution in [1.29, 1.82) is 0 Å². The number of benzene rings is 4. The third kappa shape index (κ3) is 48.0. The normalized spacial score (nSPS) is 12.3. The number of fused-ring (bicyclic) bond motifs is 1. The summed E-state index contributed by atoms with van der Waals surface area (Å²) in [4.78, 5) is 57.5. The monoisotopic (exact) mass is 1330 g/mol. The molecule has 1 aliphatic rings. The zero-order chi connectivity index (χ0) is 71.1. The van der Waals surface area contributed by atoms with Crippen molar-refractivity contribution in [2.45, 2.75) is 154 Å². The molecule has 16 heteroatoms. The number of carbonyl (C=O) groups excluding carboxylic acids is 5. The van der Waals surface area contributed by atoms with Crippen LogP contribution in [0.3, 0.4) is 0 Å². The number of hydrogen-bond acceptors (Lipinski definition) is 16. The molecule has 4 aromatic rings. The number of esters is 4. The van der Waals surface area contributed by atoms with Gasteiger partial charge in [0, 0.05) is 50.5 Å². The molecule has 16 nitrogen and oxygen atoms in total. The van der Waals surface area contributed by atoms with E-state index in [1.165, 1.54) is 24.3 Å². The van der Waals surface area contributed by atoms with Gasteiger partial charge in [0.1, 0.15) is 50.3 Å². The standard InChI is InChI=1S/2C21H30O4.C19H26O4.C19H28O4/c1-17(22)16-19-8-6-18(7-9-19)10-11-20(23)25-15-14-24-13-5-12-21(2,3)4;1-21(2,3)14-7-15-24-16-17-25-20(22)9-6-5-8-18-10-12-19(23-4)13-11-18;1-19(2,3)10-4-5-11-23-18(20)9-7-15-6-8-16-17(14-15)22-13-12-21-16;1-19(2,3)12-5-13-22-14-15-23-18(20)11-8-16-6-9-17(21-4)10-7-16/h6-11H,5,12-16H2,1-4H3;5-6,8-13H,7,14-17H2,1-4H3;6-9,14H,4-5,10-13H2,1-3H3;6-11H,5,12-15H2,1-4H3/b11-10+;8-5+,9-6+;9-7+;11-8+. The first kappa shape index (κ1) is 84.3. The molecule has 0 aromatic heterocycles. The first-order chi connectivity index (χ1) is 45.5. The zero-order valence-electron chi connectivity index (χ0n) is 60.5. The molecule has 0 saturated carbocycles. The van der Waals surface area contributed by atoms with E-state index in [4.69, 9.17) is 52.1 Å². The highest BCUT2D eigenvalue weighted by atomic mass is 16.6. The molecule has 1 heterocycles. The van der Waals surface area contributed by atoms with E-state index in [0.717, 1.165) is 103 Å². The predicted octanol–water partition coefficient (Wildman–Crippen LogP) is 17.2. The van der Waals surface area contributed by atoms with Crippen LogP contribution in [0.2, 0.25) is 0 Å². The van der Waals surface area contributed by atoms with Crippen LogP contribution in [-0.4, -0.2) is 123 Å². The predicted molar refractivity (Wildman–Crippen MR) is 385 cm³/mol. The molecule has 96 heavy (non-hydrogen) atoms. The van der Waals surface area contributed by atoms with Crippen molar-refractivity contribution >= 4 is 54.0 Å². The molecule has 5 rings (SSSR count). The van der Waals surface area contributed by atoms with Crippen LogP contribution in [0.5, 0.6) is 23.0 Å². The molecule has 0 radical (unpaired) electrons. The summed E-state index contributed by atoms with van der Waals surface area (Å²) < 4.78 is 58.0. The van der Waals surface area contributed by atoms with Gasteiger partial charge in [0.2, 0.25) is 0 Å². The highest BCUT2D eigenvalue weighted by Crippen LogP contribution is 2.31. The van der Waals surface area contributed by atoms with E-state index < -0.39 is 0 Å². The Balaban J connectivity index is 0.000000436. The summed E-state index contributed by atoms with van der Waals surface area (Å²) in [5.74, 6) is 1.78. The van der Waals surface area contributed by atoms with Gasteiger partial charge in [-0.05, 0) is 169 Å². The van der Waals surface area contributed by atoms with E-state index in [0.29, 0.717) is 93.3 Å². The van der Waals surface area contributed by atoms with Gasteiger partial charge in [-0.15, -0.1) is 0 Å². The Morgan fingerprint density at radius 2 is 0.729 bits per heavy atom. The maximum atomic E-state index is 11.7. The van der Waals surface area contributed by atoms with Crippen LogP contribution in [0.4, 0.5) is 0 Å². The van der Waals surface area contributed by atoms with Gasteiger partial charge in [-0.2, -0.15) is 0 Å². The van der Waals surface area contributed by atoms with Crippen molar-refractivity contribution in [3.8, 4) is 23.0 Å². The third-order valence-corrected chi connectivity index (χ3v) is 13.7. The minimum Gasteiger partial charge on any atom is -0.497 e. The van der Waals surface area contributed by atoms with Crippen LogP contribution in [-0.2, 0) is 63.6 Å². The Morgan fingerprint density at radius 1 is 0.375 bits per heavy atom. The van der Waals surface area contributed by atoms with Gasteiger partial charge >= 0.3 is 23.9 Å². The molecule has 0 spiro atoms. The second kappa shape index (κ2) is 48.0. The molecule has 0 saturated heterocycles. The number of methoxy groups -OCH3 is 2. The molecule has 0 aliphatic carbocycles. The van der Waals surface area contributed by atoms with Crippen molar-refractivity contribution in [2.75, 3.05) is 93.5 Å². The Bertz CT molecular complexity index is 2960. The highest BCUT2D eigenvalue weighted by Gasteiger charge is 2.14. The molecule has 0 N–H and O–H groups in total. The van der Waals surface area contributed by atoms with Crippen molar-refractivity contribution in [3.05, 3.63) is 155 Å².